The van der Waals surface area contributed by atoms with Gasteiger partial charge in [-0.1, -0.05) is 54.5 Å². The molecule has 0 amide bonds. The van der Waals surface area contributed by atoms with Crippen LogP contribution in [-0.2, 0) is 20.8 Å². The smallest absolute Gasteiger partial charge is 0.372 e. The lowest BCUT2D eigenvalue weighted by Crippen LogP contribution is -2.68. The fourth-order valence-electron chi connectivity index (χ4n) is 13.0. The molecule has 6 aliphatic rings. The number of esters is 1. The molecule has 1 aromatic rings. The first-order chi connectivity index (χ1) is 19.3. The highest BCUT2D eigenvalue weighted by Crippen LogP contribution is 2.78. The molecular weight excluding hydrogens is 506 g/mol. The number of carbonyl (C=O) groups is 1. The molecule has 1 aromatic heterocycles. The maximum atomic E-state index is 13.1. The third-order valence-electron chi connectivity index (χ3n) is 15.4. The van der Waals surface area contributed by atoms with Gasteiger partial charge in [0.25, 0.3) is 0 Å². The minimum absolute atomic E-state index is 0.000418. The molecule has 0 N–H and O–H groups in total. The Hall–Kier alpha value is -1.42. The van der Waals surface area contributed by atoms with Crippen molar-refractivity contribution in [1.29, 1.82) is 0 Å². The lowest BCUT2D eigenvalue weighted by molar-refractivity contribution is -0.686. The van der Waals surface area contributed by atoms with Gasteiger partial charge in [0.2, 0.25) is 6.54 Å². The number of fused-ring (bicyclic) bond motifs is 5. The van der Waals surface area contributed by atoms with Crippen molar-refractivity contribution in [3.63, 3.8) is 0 Å². The summed E-state index contributed by atoms with van der Waals surface area (Å²) in [4.78, 5) is 13.1. The maximum Gasteiger partial charge on any atom is 0.372 e. The van der Waals surface area contributed by atoms with Crippen LogP contribution >= 0.6 is 0 Å². The quantitative estimate of drug-likeness (QED) is 0.279. The Kier molecular flexibility index (Phi) is 6.26. The first-order valence-corrected chi connectivity index (χ1v) is 17.0. The Morgan fingerprint density at radius 2 is 1.54 bits per heavy atom. The van der Waals surface area contributed by atoms with Gasteiger partial charge in [0, 0.05) is 17.5 Å². The number of aromatic nitrogens is 1. The normalized spacial score (nSPS) is 49.1. The van der Waals surface area contributed by atoms with Crippen LogP contribution in [0.5, 0.6) is 0 Å². The SMILES string of the molecule is CC1(C)C(OC(=O)C[n+]2ccccc2)CC[C@@]2(C)C1CC[C@]1(C)C2CCC2C3[C@@H]4OC[C@@]3(CCC4(C)C)CC[C@]21C. The van der Waals surface area contributed by atoms with Gasteiger partial charge in [-0.3, -0.25) is 0 Å². The number of pyridine rings is 1. The predicted octanol–water partition coefficient (Wildman–Crippen LogP) is 7.78. The van der Waals surface area contributed by atoms with E-state index in [1.807, 2.05) is 35.2 Å². The van der Waals surface area contributed by atoms with Crippen LogP contribution in [-0.4, -0.2) is 24.8 Å². The molecule has 10 atom stereocenters. The van der Waals surface area contributed by atoms with E-state index in [0.29, 0.717) is 45.6 Å². The van der Waals surface area contributed by atoms with E-state index in [-0.39, 0.29) is 17.5 Å². The zero-order valence-corrected chi connectivity index (χ0v) is 27.0. The van der Waals surface area contributed by atoms with Crippen molar-refractivity contribution >= 4 is 5.97 Å². The summed E-state index contributed by atoms with van der Waals surface area (Å²) in [6.07, 6.45) is 17.3. The molecule has 2 bridgehead atoms. The first-order valence-electron chi connectivity index (χ1n) is 17.0. The second kappa shape index (κ2) is 9.05. The fourth-order valence-corrected chi connectivity index (χ4v) is 13.0. The molecule has 41 heavy (non-hydrogen) atoms. The summed E-state index contributed by atoms with van der Waals surface area (Å²) in [5.41, 5.74) is 1.81. The van der Waals surface area contributed by atoms with Crippen LogP contribution in [0.4, 0.5) is 0 Å². The molecule has 4 heteroatoms. The molecule has 226 valence electrons. The molecule has 6 fully saturated rings. The Labute approximate surface area is 249 Å². The van der Waals surface area contributed by atoms with Crippen LogP contribution < -0.4 is 4.57 Å². The Morgan fingerprint density at radius 1 is 0.805 bits per heavy atom. The van der Waals surface area contributed by atoms with E-state index in [0.717, 1.165) is 30.8 Å². The van der Waals surface area contributed by atoms with E-state index in [1.54, 1.807) is 0 Å². The second-order valence-electron chi connectivity index (χ2n) is 17.7. The average molecular weight is 563 g/mol. The van der Waals surface area contributed by atoms with Gasteiger partial charge in [0.05, 0.1) is 12.7 Å². The molecule has 0 spiro atoms. The van der Waals surface area contributed by atoms with Crippen molar-refractivity contribution < 1.29 is 18.8 Å². The van der Waals surface area contributed by atoms with Gasteiger partial charge < -0.3 is 9.47 Å². The number of ether oxygens (including phenoxy) is 2. The van der Waals surface area contributed by atoms with Gasteiger partial charge in [-0.2, -0.15) is 4.57 Å². The van der Waals surface area contributed by atoms with Crippen LogP contribution in [0.15, 0.2) is 30.6 Å². The Balaban J connectivity index is 1.14. The standard InChI is InChI=1S/C37H56NO3/c1-32(2)17-19-37-20-18-35(6)25(30(37)31(32)40-24-37)11-12-27-34(5)15-14-28(33(3,4)26(34)13-16-36(27,35)7)41-29(39)23-38-21-9-8-10-22-38/h8-10,21-22,25-28,30-31H,11-20,23-24H2,1-7H3/q+1/t25?,26?,27?,28?,30?,31-,34-,35+,36+,37+/m0/s1. The van der Waals surface area contributed by atoms with Crippen molar-refractivity contribution in [2.24, 2.45) is 56.2 Å². The van der Waals surface area contributed by atoms with Crippen LogP contribution in [0.25, 0.3) is 0 Å². The largest absolute Gasteiger partial charge is 0.457 e. The van der Waals surface area contributed by atoms with Crippen LogP contribution in [0.3, 0.4) is 0 Å². The molecule has 1 saturated heterocycles. The van der Waals surface area contributed by atoms with Crippen molar-refractivity contribution in [3.05, 3.63) is 30.6 Å². The maximum absolute atomic E-state index is 13.1. The lowest BCUT2D eigenvalue weighted by Gasteiger charge is -2.73. The molecular formula is C37H56NO3+. The highest BCUT2D eigenvalue weighted by Gasteiger charge is 2.72. The van der Waals surface area contributed by atoms with Gasteiger partial charge in [-0.15, -0.1) is 0 Å². The van der Waals surface area contributed by atoms with E-state index in [2.05, 4.69) is 48.5 Å². The summed E-state index contributed by atoms with van der Waals surface area (Å²) >= 11 is 0. The molecule has 2 heterocycles. The van der Waals surface area contributed by atoms with Crippen molar-refractivity contribution in [3.8, 4) is 0 Å². The summed E-state index contributed by atoms with van der Waals surface area (Å²) in [6, 6.07) is 5.92. The fraction of sp³-hybridized carbons (Fsp3) is 0.838. The molecule has 7 rings (SSSR count). The Morgan fingerprint density at radius 3 is 2.29 bits per heavy atom. The monoisotopic (exact) mass is 562 g/mol. The summed E-state index contributed by atoms with van der Waals surface area (Å²) in [6.45, 7) is 19.3. The van der Waals surface area contributed by atoms with Crippen molar-refractivity contribution in [2.75, 3.05) is 6.61 Å². The van der Waals surface area contributed by atoms with Crippen molar-refractivity contribution in [2.45, 2.75) is 131 Å². The minimum atomic E-state index is -0.0973. The Bertz CT molecular complexity index is 1190. The topological polar surface area (TPSA) is 39.4 Å². The zero-order valence-electron chi connectivity index (χ0n) is 27.0. The van der Waals surface area contributed by atoms with Gasteiger partial charge >= 0.3 is 5.97 Å². The number of carbonyl (C=O) groups excluding carboxylic acids is 1. The summed E-state index contributed by atoms with van der Waals surface area (Å²) in [5.74, 6) is 2.79. The second-order valence-corrected chi connectivity index (χ2v) is 17.7. The van der Waals surface area contributed by atoms with E-state index < -0.39 is 0 Å². The van der Waals surface area contributed by atoms with Crippen LogP contribution in [0.1, 0.15) is 113 Å². The average Bonchev–Trinajstić information content (AvgIpc) is 3.25. The minimum Gasteiger partial charge on any atom is -0.457 e. The molecule has 5 unspecified atom stereocenters. The van der Waals surface area contributed by atoms with Crippen LogP contribution in [0.2, 0.25) is 0 Å². The summed E-state index contributed by atoms with van der Waals surface area (Å²) in [7, 11) is 0. The van der Waals surface area contributed by atoms with Gasteiger partial charge in [0.15, 0.2) is 12.4 Å². The predicted molar refractivity (Wildman–Crippen MR) is 161 cm³/mol. The lowest BCUT2D eigenvalue weighted by atomic mass is 9.31. The zero-order chi connectivity index (χ0) is 29.1. The van der Waals surface area contributed by atoms with Gasteiger partial charge in [0.1, 0.15) is 6.10 Å². The number of hydrogen-bond donors (Lipinski definition) is 0. The number of hydrogen-bond acceptors (Lipinski definition) is 3. The van der Waals surface area contributed by atoms with E-state index in [4.69, 9.17) is 9.47 Å². The molecule has 5 aliphatic carbocycles. The third kappa shape index (κ3) is 3.80. The van der Waals surface area contributed by atoms with E-state index in [9.17, 15) is 4.79 Å². The summed E-state index contributed by atoms with van der Waals surface area (Å²) in [5, 5.41) is 0. The van der Waals surface area contributed by atoms with Crippen LogP contribution in [0, 0.1) is 56.2 Å². The number of rotatable bonds is 3. The highest BCUT2D eigenvalue weighted by molar-refractivity contribution is 5.68. The van der Waals surface area contributed by atoms with E-state index >= 15 is 0 Å². The molecule has 1 aliphatic heterocycles. The van der Waals surface area contributed by atoms with E-state index in [1.165, 1.54) is 57.8 Å². The molecule has 0 radical (unpaired) electrons. The molecule has 5 saturated carbocycles. The van der Waals surface area contributed by atoms with Gasteiger partial charge in [-0.25, -0.2) is 4.79 Å². The van der Waals surface area contributed by atoms with Gasteiger partial charge in [-0.05, 0) is 115 Å². The van der Waals surface area contributed by atoms with Crippen molar-refractivity contribution in [1.82, 2.24) is 0 Å². The molecule has 4 nitrogen and oxygen atoms in total. The summed E-state index contributed by atoms with van der Waals surface area (Å²) < 4.78 is 15.0. The molecule has 0 aromatic carbocycles. The first kappa shape index (κ1) is 28.4. The number of nitrogens with zero attached hydrogens (tertiary/aromatic N) is 1. The highest BCUT2D eigenvalue weighted by atomic mass is 16.5. The third-order valence-corrected chi connectivity index (χ3v) is 15.4.